The highest BCUT2D eigenvalue weighted by molar-refractivity contribution is 6.12. The monoisotopic (exact) mass is 280 g/mol. The van der Waals surface area contributed by atoms with Crippen molar-refractivity contribution < 1.29 is 9.94 Å². The number of oxime groups is 1. The van der Waals surface area contributed by atoms with E-state index in [2.05, 4.69) is 11.2 Å². The van der Waals surface area contributed by atoms with E-state index in [0.29, 0.717) is 12.2 Å². The third-order valence-corrected chi connectivity index (χ3v) is 3.19. The van der Waals surface area contributed by atoms with Gasteiger partial charge in [0.2, 0.25) is 0 Å². The first-order chi connectivity index (χ1) is 10.2. The van der Waals surface area contributed by atoms with Crippen molar-refractivity contribution in [3.63, 3.8) is 0 Å². The molecule has 0 unspecified atom stereocenters. The summed E-state index contributed by atoms with van der Waals surface area (Å²) in [5.74, 6) is 0.801. The minimum absolute atomic E-state index is 0.0187. The molecule has 0 bridgehead atoms. The van der Waals surface area contributed by atoms with Crippen molar-refractivity contribution >= 4 is 5.71 Å². The molecule has 2 aromatic rings. The predicted octanol–water partition coefficient (Wildman–Crippen LogP) is 3.58. The first-order valence-corrected chi connectivity index (χ1v) is 6.56. The summed E-state index contributed by atoms with van der Waals surface area (Å²) < 4.78 is 5.81. The second kappa shape index (κ2) is 6.58. The number of ether oxygens (including phenoxy) is 1. The van der Waals surface area contributed by atoms with Gasteiger partial charge in [-0.1, -0.05) is 47.1 Å². The van der Waals surface area contributed by atoms with Gasteiger partial charge in [0.15, 0.2) is 5.71 Å². The van der Waals surface area contributed by atoms with Gasteiger partial charge in [-0.05, 0) is 31.0 Å². The van der Waals surface area contributed by atoms with E-state index < -0.39 is 0 Å². The lowest BCUT2D eigenvalue weighted by Gasteiger charge is -2.12. The van der Waals surface area contributed by atoms with Gasteiger partial charge in [0.25, 0.3) is 0 Å². The van der Waals surface area contributed by atoms with E-state index in [9.17, 15) is 0 Å². The molecular formula is C17H16N2O2. The van der Waals surface area contributed by atoms with Crippen molar-refractivity contribution in [1.29, 1.82) is 5.26 Å². The van der Waals surface area contributed by atoms with E-state index in [1.54, 1.807) is 12.1 Å². The zero-order chi connectivity index (χ0) is 15.2. The van der Waals surface area contributed by atoms with Crippen LogP contribution < -0.4 is 4.74 Å². The number of rotatable bonds is 4. The van der Waals surface area contributed by atoms with Crippen LogP contribution in [-0.2, 0) is 6.61 Å². The third kappa shape index (κ3) is 3.40. The highest BCUT2D eigenvalue weighted by atomic mass is 16.5. The summed E-state index contributed by atoms with van der Waals surface area (Å²) in [5, 5.41) is 20.9. The smallest absolute Gasteiger partial charge is 0.187 e. The fraction of sp³-hybridized carbons (Fsp3) is 0.176. The average Bonchev–Trinajstić information content (AvgIpc) is 2.49. The quantitative estimate of drug-likeness (QED) is 0.529. The Kier molecular flexibility index (Phi) is 4.57. The van der Waals surface area contributed by atoms with Crippen molar-refractivity contribution in [2.45, 2.75) is 20.5 Å². The molecular weight excluding hydrogens is 264 g/mol. The molecule has 0 aliphatic heterocycles. The first-order valence-electron chi connectivity index (χ1n) is 6.56. The van der Waals surface area contributed by atoms with Crippen LogP contribution in [0.4, 0.5) is 0 Å². The normalized spacial score (nSPS) is 11.0. The number of aryl methyl sites for hydroxylation is 2. The van der Waals surface area contributed by atoms with Gasteiger partial charge in [-0.15, -0.1) is 0 Å². The summed E-state index contributed by atoms with van der Waals surface area (Å²) in [6.07, 6.45) is 0. The maximum Gasteiger partial charge on any atom is 0.187 e. The topological polar surface area (TPSA) is 65.6 Å². The van der Waals surface area contributed by atoms with Crippen molar-refractivity contribution in [2.24, 2.45) is 5.16 Å². The maximum atomic E-state index is 8.98. The Balaban J connectivity index is 2.23. The van der Waals surface area contributed by atoms with E-state index in [-0.39, 0.29) is 5.71 Å². The fourth-order valence-corrected chi connectivity index (χ4v) is 2.13. The van der Waals surface area contributed by atoms with E-state index in [0.717, 1.165) is 16.9 Å². The SMILES string of the molecule is Cc1ccc(OCc2ccccc2/C(C#N)=N\O)c(C)c1. The van der Waals surface area contributed by atoms with Crippen molar-refractivity contribution in [1.82, 2.24) is 0 Å². The van der Waals surface area contributed by atoms with Crippen LogP contribution in [-0.4, -0.2) is 10.9 Å². The minimum atomic E-state index is -0.0187. The molecule has 0 saturated carbocycles. The largest absolute Gasteiger partial charge is 0.489 e. The molecule has 4 heteroatoms. The van der Waals surface area contributed by atoms with Gasteiger partial charge in [-0.25, -0.2) is 0 Å². The van der Waals surface area contributed by atoms with Crippen LogP contribution in [0.1, 0.15) is 22.3 Å². The summed E-state index contributed by atoms with van der Waals surface area (Å²) in [4.78, 5) is 0. The molecule has 1 N–H and O–H groups in total. The molecule has 0 fully saturated rings. The minimum Gasteiger partial charge on any atom is -0.489 e. The second-order valence-corrected chi connectivity index (χ2v) is 4.78. The molecule has 0 atom stereocenters. The lowest BCUT2D eigenvalue weighted by Crippen LogP contribution is -2.06. The van der Waals surface area contributed by atoms with Gasteiger partial charge in [0, 0.05) is 5.56 Å². The zero-order valence-electron chi connectivity index (χ0n) is 12.0. The molecule has 0 spiro atoms. The van der Waals surface area contributed by atoms with Crippen LogP contribution in [0.2, 0.25) is 0 Å². The number of nitrogens with zero attached hydrogens (tertiary/aromatic N) is 2. The Morgan fingerprint density at radius 3 is 2.67 bits per heavy atom. The highest BCUT2D eigenvalue weighted by Gasteiger charge is 2.10. The van der Waals surface area contributed by atoms with Gasteiger partial charge < -0.3 is 9.94 Å². The van der Waals surface area contributed by atoms with Gasteiger partial charge >= 0.3 is 0 Å². The Labute approximate surface area is 123 Å². The lowest BCUT2D eigenvalue weighted by atomic mass is 10.0. The van der Waals surface area contributed by atoms with Gasteiger partial charge in [-0.2, -0.15) is 5.26 Å². The summed E-state index contributed by atoms with van der Waals surface area (Å²) in [7, 11) is 0. The van der Waals surface area contributed by atoms with E-state index in [4.69, 9.17) is 15.2 Å². The number of hydrogen-bond acceptors (Lipinski definition) is 4. The lowest BCUT2D eigenvalue weighted by molar-refractivity contribution is 0.303. The molecule has 0 aliphatic rings. The average molecular weight is 280 g/mol. The number of benzene rings is 2. The zero-order valence-corrected chi connectivity index (χ0v) is 12.0. The molecule has 0 aliphatic carbocycles. The summed E-state index contributed by atoms with van der Waals surface area (Å²) >= 11 is 0. The molecule has 0 amide bonds. The third-order valence-electron chi connectivity index (χ3n) is 3.19. The van der Waals surface area contributed by atoms with Crippen molar-refractivity contribution in [2.75, 3.05) is 0 Å². The second-order valence-electron chi connectivity index (χ2n) is 4.78. The van der Waals surface area contributed by atoms with Crippen molar-refractivity contribution in [3.8, 4) is 11.8 Å². The summed E-state index contributed by atoms with van der Waals surface area (Å²) in [6, 6.07) is 15.1. The van der Waals surface area contributed by atoms with Crippen LogP contribution in [0.5, 0.6) is 5.75 Å². The molecule has 106 valence electrons. The molecule has 0 aromatic heterocycles. The molecule has 0 saturated heterocycles. The van der Waals surface area contributed by atoms with E-state index >= 15 is 0 Å². The van der Waals surface area contributed by atoms with Crippen molar-refractivity contribution in [3.05, 3.63) is 64.7 Å². The van der Waals surface area contributed by atoms with Crippen LogP contribution in [0.3, 0.4) is 0 Å². The fourth-order valence-electron chi connectivity index (χ4n) is 2.13. The van der Waals surface area contributed by atoms with Gasteiger partial charge in [-0.3, -0.25) is 0 Å². The van der Waals surface area contributed by atoms with E-state index in [1.165, 1.54) is 5.56 Å². The number of nitriles is 1. The Hall–Kier alpha value is -2.80. The maximum absolute atomic E-state index is 8.98. The number of hydrogen-bond donors (Lipinski definition) is 1. The standard InChI is InChI=1S/C17H16N2O2/c1-12-7-8-17(13(2)9-12)21-11-14-5-3-4-6-15(14)16(10-18)19-20/h3-9,20H,11H2,1-2H3/b19-16-. The Bertz CT molecular complexity index is 715. The first kappa shape index (κ1) is 14.6. The predicted molar refractivity (Wildman–Crippen MR) is 80.6 cm³/mol. The van der Waals surface area contributed by atoms with E-state index in [1.807, 2.05) is 44.2 Å². The molecule has 0 radical (unpaired) electrons. The summed E-state index contributed by atoms with van der Waals surface area (Å²) in [6.45, 7) is 4.33. The van der Waals surface area contributed by atoms with Crippen LogP contribution in [0, 0.1) is 25.2 Å². The molecule has 0 heterocycles. The Morgan fingerprint density at radius 1 is 1.24 bits per heavy atom. The highest BCUT2D eigenvalue weighted by Crippen LogP contribution is 2.21. The Morgan fingerprint density at radius 2 is 2.00 bits per heavy atom. The molecule has 4 nitrogen and oxygen atoms in total. The van der Waals surface area contributed by atoms with Crippen LogP contribution in [0.15, 0.2) is 47.6 Å². The molecule has 2 aromatic carbocycles. The van der Waals surface area contributed by atoms with Gasteiger partial charge in [0.1, 0.15) is 18.4 Å². The van der Waals surface area contributed by atoms with Crippen LogP contribution >= 0.6 is 0 Å². The molecule has 2 rings (SSSR count). The molecule has 21 heavy (non-hydrogen) atoms. The van der Waals surface area contributed by atoms with Gasteiger partial charge in [0.05, 0.1) is 0 Å². The summed E-state index contributed by atoms with van der Waals surface area (Å²) in [5.41, 5.74) is 3.59. The van der Waals surface area contributed by atoms with Crippen LogP contribution in [0.25, 0.3) is 0 Å².